The van der Waals surface area contributed by atoms with Crippen LogP contribution in [-0.4, -0.2) is 31.7 Å². The number of nitrogens with one attached hydrogen (secondary N) is 1. The Morgan fingerprint density at radius 3 is 2.69 bits per heavy atom. The van der Waals surface area contributed by atoms with Gasteiger partial charge in [-0.15, -0.1) is 0 Å². The van der Waals surface area contributed by atoms with Gasteiger partial charge in [0, 0.05) is 12.6 Å². The van der Waals surface area contributed by atoms with Gasteiger partial charge in [-0.3, -0.25) is 0 Å². The second-order valence-corrected chi connectivity index (χ2v) is 10.1. The van der Waals surface area contributed by atoms with Crippen LogP contribution in [0.5, 0.6) is 0 Å². The lowest BCUT2D eigenvalue weighted by molar-refractivity contribution is 0.0684. The maximum Gasteiger partial charge on any atom is 0.374 e. The smallest absolute Gasteiger partial charge is 0.374 e. The highest BCUT2D eigenvalue weighted by molar-refractivity contribution is 9.10. The van der Waals surface area contributed by atoms with E-state index in [0.717, 1.165) is 35.2 Å². The van der Waals surface area contributed by atoms with Crippen molar-refractivity contribution in [3.05, 3.63) is 75.8 Å². The minimum Gasteiger partial charge on any atom is -0.475 e. The molecule has 4 aromatic rings. The number of nitrogens with zero attached hydrogens (tertiary/aromatic N) is 3. The van der Waals surface area contributed by atoms with E-state index in [0.29, 0.717) is 33.8 Å². The molecule has 0 amide bonds. The predicted molar refractivity (Wildman–Crippen MR) is 138 cm³/mol. The van der Waals surface area contributed by atoms with Crippen molar-refractivity contribution in [3.63, 3.8) is 0 Å². The fourth-order valence-electron chi connectivity index (χ4n) is 4.66. The average molecular weight is 537 g/mol. The van der Waals surface area contributed by atoms with Gasteiger partial charge in [0.2, 0.25) is 5.82 Å². The van der Waals surface area contributed by atoms with E-state index in [2.05, 4.69) is 44.2 Å². The van der Waals surface area contributed by atoms with Gasteiger partial charge in [-0.05, 0) is 83.9 Å². The molecule has 1 unspecified atom stereocenters. The molecule has 8 heteroatoms. The molecule has 35 heavy (non-hydrogen) atoms. The van der Waals surface area contributed by atoms with Gasteiger partial charge >= 0.3 is 5.97 Å². The summed E-state index contributed by atoms with van der Waals surface area (Å²) in [5.74, 6) is -0.747. The van der Waals surface area contributed by atoms with E-state index in [-0.39, 0.29) is 17.7 Å². The number of carboxylic acid groups (broad SMARTS) is 1. The Bertz CT molecular complexity index is 1430. The molecule has 2 heterocycles. The molecule has 0 spiro atoms. The summed E-state index contributed by atoms with van der Waals surface area (Å²) in [5, 5.41) is 13.2. The first-order chi connectivity index (χ1) is 16.8. The first-order valence-electron chi connectivity index (χ1n) is 11.7. The number of carbonyl (C=O) groups is 1. The third kappa shape index (κ3) is 4.67. The summed E-state index contributed by atoms with van der Waals surface area (Å²) in [6.45, 7) is 4.51. The van der Waals surface area contributed by atoms with Crippen LogP contribution in [-0.2, 0) is 6.54 Å². The summed E-state index contributed by atoms with van der Waals surface area (Å²) in [6.07, 6.45) is 3.49. The van der Waals surface area contributed by atoms with Gasteiger partial charge in [-0.1, -0.05) is 36.2 Å². The minimum absolute atomic E-state index is 0.138. The van der Waals surface area contributed by atoms with Gasteiger partial charge in [-0.25, -0.2) is 19.2 Å². The van der Waals surface area contributed by atoms with Gasteiger partial charge in [0.1, 0.15) is 11.3 Å². The second kappa shape index (κ2) is 9.41. The number of aromatic nitrogens is 3. The fraction of sp³-hybridized carbons (Fsp3) is 0.296. The lowest BCUT2D eigenvalue weighted by atomic mass is 9.80. The number of rotatable bonds is 7. The van der Waals surface area contributed by atoms with Crippen LogP contribution in [0, 0.1) is 18.7 Å². The second-order valence-electron chi connectivity index (χ2n) is 9.29. The Hall–Kier alpha value is -3.26. The molecule has 6 nitrogen and oxygen atoms in total. The van der Waals surface area contributed by atoms with Crippen molar-refractivity contribution in [2.24, 2.45) is 5.92 Å². The lowest BCUT2D eigenvalue weighted by Gasteiger charge is -2.32. The SMILES string of the molecule is Cc1cccc(-c2cc3nc(C(=O)O)nc(NC(C)C4CCC4)c3n2Cc2ccc(Br)c(F)c2)c1. The molecule has 0 bridgehead atoms. The van der Waals surface area contributed by atoms with Crippen molar-refractivity contribution < 1.29 is 14.3 Å². The Labute approximate surface area is 211 Å². The van der Waals surface area contributed by atoms with E-state index in [9.17, 15) is 14.3 Å². The van der Waals surface area contributed by atoms with Crippen molar-refractivity contribution in [1.29, 1.82) is 0 Å². The molecule has 1 atom stereocenters. The molecule has 2 N–H and O–H groups in total. The zero-order chi connectivity index (χ0) is 24.7. The molecule has 2 aromatic heterocycles. The summed E-state index contributed by atoms with van der Waals surface area (Å²) in [4.78, 5) is 20.6. The van der Waals surface area contributed by atoms with Crippen LogP contribution in [0.2, 0.25) is 0 Å². The number of aryl methyl sites for hydroxylation is 1. The van der Waals surface area contributed by atoms with E-state index in [1.165, 1.54) is 12.5 Å². The van der Waals surface area contributed by atoms with Crippen molar-refractivity contribution >= 4 is 38.8 Å². The maximum atomic E-state index is 14.4. The average Bonchev–Trinajstić information content (AvgIpc) is 3.13. The van der Waals surface area contributed by atoms with Gasteiger partial charge < -0.3 is 15.0 Å². The number of hydrogen-bond acceptors (Lipinski definition) is 4. The lowest BCUT2D eigenvalue weighted by Crippen LogP contribution is -2.31. The summed E-state index contributed by atoms with van der Waals surface area (Å²) < 4.78 is 16.8. The number of carboxylic acids is 1. The van der Waals surface area contributed by atoms with Crippen LogP contribution >= 0.6 is 15.9 Å². The number of fused-ring (bicyclic) bond motifs is 1. The summed E-state index contributed by atoms with van der Waals surface area (Å²) in [5.41, 5.74) is 4.95. The third-order valence-corrected chi connectivity index (χ3v) is 7.44. The third-order valence-electron chi connectivity index (χ3n) is 6.80. The van der Waals surface area contributed by atoms with E-state index in [4.69, 9.17) is 0 Å². The highest BCUT2D eigenvalue weighted by Gasteiger charge is 2.27. The van der Waals surface area contributed by atoms with E-state index in [1.807, 2.05) is 41.8 Å². The largest absolute Gasteiger partial charge is 0.475 e. The molecule has 0 aliphatic heterocycles. The summed E-state index contributed by atoms with van der Waals surface area (Å²) in [7, 11) is 0. The van der Waals surface area contributed by atoms with Crippen LogP contribution in [0.15, 0.2) is 53.0 Å². The molecular formula is C27H26BrFN4O2. The van der Waals surface area contributed by atoms with Crippen LogP contribution < -0.4 is 5.32 Å². The van der Waals surface area contributed by atoms with Gasteiger partial charge in [0.25, 0.3) is 0 Å². The summed E-state index contributed by atoms with van der Waals surface area (Å²) >= 11 is 3.22. The number of halogens is 2. The molecule has 180 valence electrons. The normalized spacial score (nSPS) is 14.6. The fourth-order valence-corrected chi connectivity index (χ4v) is 4.91. The predicted octanol–water partition coefficient (Wildman–Crippen LogP) is 6.66. The van der Waals surface area contributed by atoms with Crippen LogP contribution in [0.4, 0.5) is 10.2 Å². The molecule has 5 rings (SSSR count). The summed E-state index contributed by atoms with van der Waals surface area (Å²) in [6, 6.07) is 15.2. The zero-order valence-electron chi connectivity index (χ0n) is 19.6. The maximum absolute atomic E-state index is 14.4. The molecule has 1 aliphatic carbocycles. The van der Waals surface area contributed by atoms with Crippen molar-refractivity contribution in [2.75, 3.05) is 5.32 Å². The molecule has 0 radical (unpaired) electrons. The molecule has 0 saturated heterocycles. The Balaban J connectivity index is 1.72. The molecular weight excluding hydrogens is 511 g/mol. The molecule has 2 aromatic carbocycles. The Morgan fingerprint density at radius 1 is 1.23 bits per heavy atom. The van der Waals surface area contributed by atoms with Gasteiger partial charge in [-0.2, -0.15) is 0 Å². The number of hydrogen-bond donors (Lipinski definition) is 2. The first-order valence-corrected chi connectivity index (χ1v) is 12.5. The first kappa shape index (κ1) is 23.5. The van der Waals surface area contributed by atoms with E-state index in [1.54, 1.807) is 6.07 Å². The minimum atomic E-state index is -1.17. The van der Waals surface area contributed by atoms with Crippen LogP contribution in [0.3, 0.4) is 0 Å². The van der Waals surface area contributed by atoms with Gasteiger partial charge in [0.15, 0.2) is 5.82 Å². The van der Waals surface area contributed by atoms with Crippen molar-refractivity contribution in [2.45, 2.75) is 45.7 Å². The van der Waals surface area contributed by atoms with Gasteiger partial charge in [0.05, 0.1) is 15.7 Å². The number of benzene rings is 2. The highest BCUT2D eigenvalue weighted by atomic mass is 79.9. The molecule has 1 fully saturated rings. The van der Waals surface area contributed by atoms with Crippen molar-refractivity contribution in [3.8, 4) is 11.3 Å². The van der Waals surface area contributed by atoms with E-state index >= 15 is 0 Å². The zero-order valence-corrected chi connectivity index (χ0v) is 21.1. The topological polar surface area (TPSA) is 80.0 Å². The Morgan fingerprint density at radius 2 is 2.03 bits per heavy atom. The molecule has 1 saturated carbocycles. The standard InChI is InChI=1S/C27H26BrFN4O2/c1-15-5-3-8-19(11-15)23-13-22-24(33(23)14-17-9-10-20(28)21(29)12-17)25(32-26(31-22)27(34)35)30-16(2)18-6-4-7-18/h3,5,8-13,16,18H,4,6-7,14H2,1-2H3,(H,34,35)(H,30,31,32). The highest BCUT2D eigenvalue weighted by Crippen LogP contribution is 2.35. The van der Waals surface area contributed by atoms with Crippen LogP contribution in [0.25, 0.3) is 22.3 Å². The molecule has 1 aliphatic rings. The monoisotopic (exact) mass is 536 g/mol. The Kier molecular flexibility index (Phi) is 6.32. The number of anilines is 1. The van der Waals surface area contributed by atoms with Crippen LogP contribution in [0.1, 0.15) is 47.9 Å². The number of aromatic carboxylic acids is 1. The quantitative estimate of drug-likeness (QED) is 0.276. The van der Waals surface area contributed by atoms with E-state index < -0.39 is 5.97 Å². The van der Waals surface area contributed by atoms with Crippen molar-refractivity contribution in [1.82, 2.24) is 14.5 Å².